The number of carbonyl (C=O) groups is 1. The summed E-state index contributed by atoms with van der Waals surface area (Å²) in [4.78, 5) is 25.9. The second kappa shape index (κ2) is 10.7. The van der Waals surface area contributed by atoms with Gasteiger partial charge in [0.1, 0.15) is 5.69 Å². The quantitative estimate of drug-likeness (QED) is 0.389. The Morgan fingerprint density at radius 2 is 1.89 bits per heavy atom. The van der Waals surface area contributed by atoms with Gasteiger partial charge in [-0.05, 0) is 67.0 Å². The van der Waals surface area contributed by atoms with Gasteiger partial charge in [0.05, 0.1) is 28.8 Å². The molecule has 202 valence electrons. The molecule has 0 saturated heterocycles. The molecule has 4 N–H and O–H groups in total. The third-order valence-corrected chi connectivity index (χ3v) is 7.11. The van der Waals surface area contributed by atoms with Gasteiger partial charge in [-0.15, -0.1) is 0 Å². The molecule has 0 unspecified atom stereocenters. The Morgan fingerprint density at radius 1 is 1.16 bits per heavy atom. The Hall–Kier alpha value is -3.57. The molecule has 4 rings (SSSR count). The first-order valence-corrected chi connectivity index (χ1v) is 12.1. The van der Waals surface area contributed by atoms with E-state index in [2.05, 4.69) is 15.0 Å². The van der Waals surface area contributed by atoms with E-state index in [9.17, 15) is 28.2 Å². The highest BCUT2D eigenvalue weighted by Gasteiger charge is 2.43. The summed E-state index contributed by atoms with van der Waals surface area (Å²) in [5.41, 5.74) is 7.01. The Labute approximate surface area is 217 Å². The first-order valence-electron chi connectivity index (χ1n) is 12.1. The molecule has 3 heterocycles. The van der Waals surface area contributed by atoms with Crippen LogP contribution in [0.2, 0.25) is 0 Å². The van der Waals surface area contributed by atoms with Crippen molar-refractivity contribution in [2.75, 3.05) is 12.3 Å². The summed E-state index contributed by atoms with van der Waals surface area (Å²) in [5.74, 6) is -0.842. The first-order chi connectivity index (χ1) is 17.8. The van der Waals surface area contributed by atoms with E-state index in [0.717, 1.165) is 5.56 Å². The van der Waals surface area contributed by atoms with Crippen molar-refractivity contribution in [3.8, 4) is 17.3 Å². The lowest BCUT2D eigenvalue weighted by molar-refractivity contribution is -0.154. The molecule has 8 nitrogen and oxygen atoms in total. The van der Waals surface area contributed by atoms with Crippen molar-refractivity contribution >= 4 is 11.5 Å². The molecule has 0 amide bonds. The summed E-state index contributed by atoms with van der Waals surface area (Å²) < 4.78 is 42.2. The van der Waals surface area contributed by atoms with Gasteiger partial charge in [-0.3, -0.25) is 9.78 Å². The number of aliphatic hydroxyl groups excluding tert-OH is 1. The average Bonchev–Trinajstić information content (AvgIpc) is 2.86. The highest BCUT2D eigenvalue weighted by molar-refractivity contribution is 6.00. The minimum Gasteiger partial charge on any atom is -0.468 e. The van der Waals surface area contributed by atoms with E-state index in [4.69, 9.17) is 10.5 Å². The maximum Gasteiger partial charge on any atom is 0.422 e. The van der Waals surface area contributed by atoms with Gasteiger partial charge in [-0.1, -0.05) is 13.0 Å². The SMILES string of the molecule is C[C@H]1C[C@@H](c2ccncc2CC(=O)c2nc(-c3cccc(OCC(F)(F)F)n3)ccc2N)C[C@@H](O)[C@]1(C)O. The molecule has 0 aliphatic heterocycles. The molecule has 11 heteroatoms. The van der Waals surface area contributed by atoms with Gasteiger partial charge in [0, 0.05) is 24.9 Å². The fourth-order valence-corrected chi connectivity index (χ4v) is 4.72. The number of hydrogen-bond acceptors (Lipinski definition) is 8. The number of aromatic nitrogens is 3. The van der Waals surface area contributed by atoms with E-state index >= 15 is 0 Å². The van der Waals surface area contributed by atoms with Crippen molar-refractivity contribution in [3.63, 3.8) is 0 Å². The van der Waals surface area contributed by atoms with Crippen molar-refractivity contribution in [2.45, 2.75) is 56.9 Å². The molecule has 4 atom stereocenters. The Morgan fingerprint density at radius 3 is 2.61 bits per heavy atom. The van der Waals surface area contributed by atoms with Gasteiger partial charge in [-0.2, -0.15) is 13.2 Å². The fraction of sp³-hybridized carbons (Fsp3) is 0.407. The summed E-state index contributed by atoms with van der Waals surface area (Å²) in [6.45, 7) is 2.03. The van der Waals surface area contributed by atoms with Crippen LogP contribution >= 0.6 is 0 Å². The topological polar surface area (TPSA) is 131 Å². The normalized spacial score (nSPS) is 23.7. The van der Waals surface area contributed by atoms with Crippen molar-refractivity contribution in [1.82, 2.24) is 15.0 Å². The molecule has 1 fully saturated rings. The van der Waals surface area contributed by atoms with E-state index in [1.54, 1.807) is 19.3 Å². The van der Waals surface area contributed by atoms with Gasteiger partial charge in [0.25, 0.3) is 0 Å². The number of pyridine rings is 3. The minimum atomic E-state index is -4.51. The maximum absolute atomic E-state index is 13.3. The van der Waals surface area contributed by atoms with E-state index in [-0.39, 0.29) is 52.7 Å². The number of alkyl halides is 3. The van der Waals surface area contributed by atoms with E-state index in [0.29, 0.717) is 18.4 Å². The molecular formula is C27H29F3N4O4. The maximum atomic E-state index is 13.3. The molecule has 38 heavy (non-hydrogen) atoms. The summed E-state index contributed by atoms with van der Waals surface area (Å²) in [6.07, 6.45) is -1.28. The second-order valence-corrected chi connectivity index (χ2v) is 9.88. The number of hydrogen-bond donors (Lipinski definition) is 3. The number of anilines is 1. The van der Waals surface area contributed by atoms with Gasteiger partial charge < -0.3 is 20.7 Å². The number of rotatable bonds is 7. The van der Waals surface area contributed by atoms with Crippen LogP contribution in [0, 0.1) is 5.92 Å². The third kappa shape index (κ3) is 6.11. The number of nitrogens with two attached hydrogens (primary N) is 1. The Kier molecular flexibility index (Phi) is 7.70. The van der Waals surface area contributed by atoms with E-state index in [1.165, 1.54) is 30.3 Å². The number of ketones is 1. The van der Waals surface area contributed by atoms with Crippen LogP contribution in [0.1, 0.15) is 54.2 Å². The predicted molar refractivity (Wildman–Crippen MR) is 133 cm³/mol. The zero-order valence-electron chi connectivity index (χ0n) is 20.9. The number of aliphatic hydroxyl groups is 2. The molecule has 0 radical (unpaired) electrons. The largest absolute Gasteiger partial charge is 0.468 e. The molecule has 0 aromatic carbocycles. The Bertz CT molecular complexity index is 1300. The zero-order chi connectivity index (χ0) is 27.7. The van der Waals surface area contributed by atoms with Crippen LogP contribution in [-0.2, 0) is 6.42 Å². The van der Waals surface area contributed by atoms with Gasteiger partial charge in [0.2, 0.25) is 5.88 Å². The highest BCUT2D eigenvalue weighted by atomic mass is 19.4. The van der Waals surface area contributed by atoms with Crippen LogP contribution in [0.5, 0.6) is 5.88 Å². The molecular weight excluding hydrogens is 501 g/mol. The van der Waals surface area contributed by atoms with Crippen LogP contribution < -0.4 is 10.5 Å². The molecule has 1 aliphatic carbocycles. The molecule has 3 aromatic rings. The lowest BCUT2D eigenvalue weighted by Gasteiger charge is -2.43. The van der Waals surface area contributed by atoms with Crippen molar-refractivity contribution in [2.24, 2.45) is 5.92 Å². The number of halogens is 3. The summed E-state index contributed by atoms with van der Waals surface area (Å²) in [7, 11) is 0. The summed E-state index contributed by atoms with van der Waals surface area (Å²) in [6, 6.07) is 9.14. The first kappa shape index (κ1) is 27.5. The standard InChI is InChI=1S/C27H29F3N4O4/c1-15-10-16(12-23(36)26(15,2)37)18-8-9-32-13-17(18)11-22(35)25-19(31)6-7-21(34-25)20-4-3-5-24(33-20)38-14-27(28,29)30/h3-9,13,15-16,23,36-37H,10-12,14,31H2,1-2H3/t15-,16+,23+,26+/m0/s1. The molecule has 1 saturated carbocycles. The van der Waals surface area contributed by atoms with Gasteiger partial charge in [0.15, 0.2) is 12.4 Å². The summed E-state index contributed by atoms with van der Waals surface area (Å²) in [5, 5.41) is 21.1. The number of Topliss-reactive ketones (excluding diaryl/α,β-unsaturated/α-hetero) is 1. The van der Waals surface area contributed by atoms with Crippen molar-refractivity contribution in [1.29, 1.82) is 0 Å². The number of nitrogen functional groups attached to an aromatic ring is 1. The smallest absolute Gasteiger partial charge is 0.422 e. The minimum absolute atomic E-state index is 0.000645. The van der Waals surface area contributed by atoms with Gasteiger partial charge in [-0.25, -0.2) is 9.97 Å². The lowest BCUT2D eigenvalue weighted by Crippen LogP contribution is -2.49. The average molecular weight is 531 g/mol. The van der Waals surface area contributed by atoms with Crippen LogP contribution in [0.3, 0.4) is 0 Å². The lowest BCUT2D eigenvalue weighted by atomic mass is 9.68. The van der Waals surface area contributed by atoms with Crippen LogP contribution in [-0.4, -0.2) is 55.4 Å². The Balaban J connectivity index is 1.57. The fourth-order valence-electron chi connectivity index (χ4n) is 4.72. The molecule has 0 bridgehead atoms. The molecule has 0 spiro atoms. The van der Waals surface area contributed by atoms with Crippen molar-refractivity contribution < 1.29 is 32.9 Å². The number of nitrogens with zero attached hydrogens (tertiary/aromatic N) is 3. The second-order valence-electron chi connectivity index (χ2n) is 9.88. The number of ether oxygens (including phenoxy) is 1. The van der Waals surface area contributed by atoms with E-state index in [1.807, 2.05) is 13.0 Å². The highest BCUT2D eigenvalue weighted by Crippen LogP contribution is 2.42. The van der Waals surface area contributed by atoms with Gasteiger partial charge >= 0.3 is 6.18 Å². The van der Waals surface area contributed by atoms with Crippen LogP contribution in [0.4, 0.5) is 18.9 Å². The number of carbonyl (C=O) groups excluding carboxylic acids is 1. The van der Waals surface area contributed by atoms with Crippen LogP contribution in [0.25, 0.3) is 11.4 Å². The molecule has 1 aliphatic rings. The predicted octanol–water partition coefficient (Wildman–Crippen LogP) is 4.11. The van der Waals surface area contributed by atoms with Crippen molar-refractivity contribution in [3.05, 3.63) is 65.6 Å². The third-order valence-electron chi connectivity index (χ3n) is 7.11. The van der Waals surface area contributed by atoms with E-state index < -0.39 is 24.5 Å². The van der Waals surface area contributed by atoms with Crippen LogP contribution in [0.15, 0.2) is 48.8 Å². The molecule has 3 aromatic heterocycles. The monoisotopic (exact) mass is 530 g/mol. The zero-order valence-corrected chi connectivity index (χ0v) is 20.9. The summed E-state index contributed by atoms with van der Waals surface area (Å²) >= 11 is 0.